The van der Waals surface area contributed by atoms with E-state index in [1.54, 1.807) is 7.11 Å². The molecule has 128 valence electrons. The second-order valence-electron chi connectivity index (χ2n) is 5.06. The summed E-state index contributed by atoms with van der Waals surface area (Å²) in [6, 6.07) is 12.4. The molecule has 0 saturated heterocycles. The number of methoxy groups -OCH3 is 1. The van der Waals surface area contributed by atoms with Crippen molar-refractivity contribution >= 4 is 23.0 Å². The summed E-state index contributed by atoms with van der Waals surface area (Å²) in [4.78, 5) is 0. The molecule has 0 radical (unpaired) electrons. The highest BCUT2D eigenvalue weighted by molar-refractivity contribution is 7.80. The highest BCUT2D eigenvalue weighted by Gasteiger charge is 2.29. The molecule has 2 N–H and O–H groups in total. The fraction of sp³-hybridized carbons (Fsp3) is 0.235. The van der Waals surface area contributed by atoms with Crippen LogP contribution in [0.4, 0.5) is 18.9 Å². The number of hydrogen-bond acceptors (Lipinski definition) is 2. The Morgan fingerprint density at radius 3 is 2.46 bits per heavy atom. The van der Waals surface area contributed by atoms with Crippen molar-refractivity contribution in [3.63, 3.8) is 0 Å². The van der Waals surface area contributed by atoms with Crippen LogP contribution in [0.5, 0.6) is 5.75 Å². The zero-order valence-corrected chi connectivity index (χ0v) is 13.8. The molecule has 0 aliphatic rings. The van der Waals surface area contributed by atoms with Gasteiger partial charge in [-0.1, -0.05) is 18.2 Å². The molecule has 0 aliphatic heterocycles. The first kappa shape index (κ1) is 18.1. The quantitative estimate of drug-likeness (QED) is 0.787. The molecule has 7 heteroatoms. The van der Waals surface area contributed by atoms with E-state index < -0.39 is 11.7 Å². The van der Waals surface area contributed by atoms with Crippen molar-refractivity contribution in [2.75, 3.05) is 19.0 Å². The third-order valence-corrected chi connectivity index (χ3v) is 3.55. The van der Waals surface area contributed by atoms with Gasteiger partial charge in [0.05, 0.1) is 12.7 Å². The van der Waals surface area contributed by atoms with Crippen LogP contribution in [0.3, 0.4) is 0 Å². The Balaban J connectivity index is 1.80. The number of benzene rings is 2. The SMILES string of the molecule is COc1cccc(NC(=S)NCCc2ccc(C(F)(F)F)cc2)c1. The smallest absolute Gasteiger partial charge is 0.416 e. The molecule has 0 bridgehead atoms. The van der Waals surface area contributed by atoms with Crippen molar-refractivity contribution in [1.29, 1.82) is 0 Å². The van der Waals surface area contributed by atoms with Gasteiger partial charge in [0.1, 0.15) is 5.75 Å². The van der Waals surface area contributed by atoms with Crippen molar-refractivity contribution in [3.05, 3.63) is 59.7 Å². The van der Waals surface area contributed by atoms with Crippen LogP contribution in [-0.2, 0) is 12.6 Å². The predicted molar refractivity (Wildman–Crippen MR) is 92.4 cm³/mol. The number of halogens is 3. The molecule has 3 nitrogen and oxygen atoms in total. The molecule has 0 aliphatic carbocycles. The average Bonchev–Trinajstić information content (AvgIpc) is 2.54. The summed E-state index contributed by atoms with van der Waals surface area (Å²) in [6.07, 6.45) is -3.74. The van der Waals surface area contributed by atoms with Gasteiger partial charge in [-0.15, -0.1) is 0 Å². The van der Waals surface area contributed by atoms with E-state index in [0.29, 0.717) is 23.8 Å². The van der Waals surface area contributed by atoms with Gasteiger partial charge in [-0.25, -0.2) is 0 Å². The van der Waals surface area contributed by atoms with Crippen LogP contribution < -0.4 is 15.4 Å². The lowest BCUT2D eigenvalue weighted by molar-refractivity contribution is -0.137. The lowest BCUT2D eigenvalue weighted by atomic mass is 10.1. The summed E-state index contributed by atoms with van der Waals surface area (Å²) in [5, 5.41) is 6.48. The first-order valence-corrected chi connectivity index (χ1v) is 7.64. The van der Waals surface area contributed by atoms with Crippen LogP contribution >= 0.6 is 12.2 Å². The molecule has 0 saturated carbocycles. The molecule has 24 heavy (non-hydrogen) atoms. The van der Waals surface area contributed by atoms with Crippen LogP contribution in [0.15, 0.2) is 48.5 Å². The Labute approximate surface area is 143 Å². The molecule has 0 fully saturated rings. The molecule has 2 aromatic rings. The molecule has 0 atom stereocenters. The maximum absolute atomic E-state index is 12.5. The Bertz CT molecular complexity index is 687. The maximum atomic E-state index is 12.5. The number of ether oxygens (including phenoxy) is 1. The van der Waals surface area contributed by atoms with Crippen molar-refractivity contribution in [2.24, 2.45) is 0 Å². The molecule has 0 aromatic heterocycles. The van der Waals surface area contributed by atoms with Crippen LogP contribution in [0.2, 0.25) is 0 Å². The fourth-order valence-electron chi connectivity index (χ4n) is 2.06. The lowest BCUT2D eigenvalue weighted by Crippen LogP contribution is -2.30. The Kier molecular flexibility index (Phi) is 6.03. The highest BCUT2D eigenvalue weighted by Crippen LogP contribution is 2.29. The molecular weight excluding hydrogens is 337 g/mol. The van der Waals surface area contributed by atoms with Crippen molar-refractivity contribution in [3.8, 4) is 5.75 Å². The first-order chi connectivity index (χ1) is 11.4. The Hall–Kier alpha value is -2.28. The van der Waals surface area contributed by atoms with E-state index in [1.165, 1.54) is 12.1 Å². The molecular formula is C17H17F3N2OS. The number of rotatable bonds is 5. The van der Waals surface area contributed by atoms with E-state index >= 15 is 0 Å². The van der Waals surface area contributed by atoms with Gasteiger partial charge >= 0.3 is 6.18 Å². The minimum absolute atomic E-state index is 0.440. The van der Waals surface area contributed by atoms with Gasteiger partial charge < -0.3 is 15.4 Å². The number of thiocarbonyl (C=S) groups is 1. The average molecular weight is 354 g/mol. The minimum Gasteiger partial charge on any atom is -0.497 e. The largest absolute Gasteiger partial charge is 0.497 e. The van der Waals surface area contributed by atoms with Gasteiger partial charge in [0.2, 0.25) is 0 Å². The molecule has 2 rings (SSSR count). The third kappa shape index (κ3) is 5.42. The van der Waals surface area contributed by atoms with Crippen molar-refractivity contribution in [1.82, 2.24) is 5.32 Å². The van der Waals surface area contributed by atoms with E-state index in [2.05, 4.69) is 10.6 Å². The second-order valence-corrected chi connectivity index (χ2v) is 5.47. The highest BCUT2D eigenvalue weighted by atomic mass is 32.1. The van der Waals surface area contributed by atoms with E-state index in [9.17, 15) is 13.2 Å². The summed E-state index contributed by atoms with van der Waals surface area (Å²) in [6.45, 7) is 0.515. The maximum Gasteiger partial charge on any atom is 0.416 e. The van der Waals surface area contributed by atoms with Gasteiger partial charge in [-0.3, -0.25) is 0 Å². The number of alkyl halides is 3. The van der Waals surface area contributed by atoms with Crippen LogP contribution in [0.1, 0.15) is 11.1 Å². The number of hydrogen-bond donors (Lipinski definition) is 2. The topological polar surface area (TPSA) is 33.3 Å². The fourth-order valence-corrected chi connectivity index (χ4v) is 2.28. The monoisotopic (exact) mass is 354 g/mol. The molecule has 2 aromatic carbocycles. The van der Waals surface area contributed by atoms with Crippen LogP contribution in [0, 0.1) is 0 Å². The van der Waals surface area contributed by atoms with Gasteiger partial charge in [0.25, 0.3) is 0 Å². The Morgan fingerprint density at radius 1 is 1.12 bits per heavy atom. The van der Waals surface area contributed by atoms with Gasteiger partial charge in [-0.05, 0) is 48.5 Å². The lowest BCUT2D eigenvalue weighted by Gasteiger charge is -2.12. The van der Waals surface area contributed by atoms with E-state index in [0.717, 1.165) is 23.4 Å². The van der Waals surface area contributed by atoms with Crippen LogP contribution in [-0.4, -0.2) is 18.8 Å². The van der Waals surface area contributed by atoms with E-state index in [4.69, 9.17) is 17.0 Å². The van der Waals surface area contributed by atoms with Gasteiger partial charge in [0, 0.05) is 18.3 Å². The van der Waals surface area contributed by atoms with Crippen molar-refractivity contribution < 1.29 is 17.9 Å². The summed E-state index contributed by atoms with van der Waals surface area (Å²) in [7, 11) is 1.58. The van der Waals surface area contributed by atoms with E-state index in [-0.39, 0.29) is 0 Å². The molecule has 0 heterocycles. The zero-order valence-electron chi connectivity index (χ0n) is 13.0. The second kappa shape index (κ2) is 8.01. The number of anilines is 1. The normalized spacial score (nSPS) is 11.0. The summed E-state index contributed by atoms with van der Waals surface area (Å²) in [5.41, 5.74) is 0.954. The summed E-state index contributed by atoms with van der Waals surface area (Å²) < 4.78 is 42.6. The zero-order chi connectivity index (χ0) is 17.6. The molecule has 0 spiro atoms. The standard InChI is InChI=1S/C17H17F3N2OS/c1-23-15-4-2-3-14(11-15)22-16(24)21-10-9-12-5-7-13(8-6-12)17(18,19)20/h2-8,11H,9-10H2,1H3,(H2,21,22,24). The van der Waals surface area contributed by atoms with Crippen LogP contribution in [0.25, 0.3) is 0 Å². The van der Waals surface area contributed by atoms with Gasteiger partial charge in [0.15, 0.2) is 5.11 Å². The van der Waals surface area contributed by atoms with Crippen molar-refractivity contribution in [2.45, 2.75) is 12.6 Å². The Morgan fingerprint density at radius 2 is 1.83 bits per heavy atom. The van der Waals surface area contributed by atoms with Gasteiger partial charge in [-0.2, -0.15) is 13.2 Å². The molecule has 0 amide bonds. The third-order valence-electron chi connectivity index (χ3n) is 3.31. The predicted octanol–water partition coefficient (Wildman–Crippen LogP) is 4.24. The first-order valence-electron chi connectivity index (χ1n) is 7.23. The van der Waals surface area contributed by atoms with E-state index in [1.807, 2.05) is 24.3 Å². The number of nitrogens with one attached hydrogen (secondary N) is 2. The minimum atomic E-state index is -4.31. The summed E-state index contributed by atoms with van der Waals surface area (Å²) >= 11 is 5.19. The molecule has 0 unspecified atom stereocenters. The summed E-state index contributed by atoms with van der Waals surface area (Å²) in [5.74, 6) is 0.715.